The van der Waals surface area contributed by atoms with Crippen molar-refractivity contribution in [2.75, 3.05) is 13.1 Å². The van der Waals surface area contributed by atoms with Crippen molar-refractivity contribution in [3.05, 3.63) is 75.0 Å². The number of hydrogen-bond acceptors (Lipinski definition) is 5. The predicted molar refractivity (Wildman–Crippen MR) is 135 cm³/mol. The number of thiazole rings is 1. The molecule has 8 heteroatoms. The van der Waals surface area contributed by atoms with Crippen LogP contribution in [0.1, 0.15) is 38.9 Å². The van der Waals surface area contributed by atoms with Crippen molar-refractivity contribution in [1.82, 2.24) is 24.2 Å². The summed E-state index contributed by atoms with van der Waals surface area (Å²) in [6.45, 7) is 6.53. The van der Waals surface area contributed by atoms with E-state index in [2.05, 4.69) is 25.4 Å². The number of halogens is 1. The van der Waals surface area contributed by atoms with Gasteiger partial charge < -0.3 is 9.30 Å². The molecule has 0 spiro atoms. The Labute approximate surface area is 207 Å². The lowest BCUT2D eigenvalue weighted by atomic mass is 10.1. The lowest BCUT2D eigenvalue weighted by molar-refractivity contribution is 0.0402. The number of rotatable bonds is 4. The summed E-state index contributed by atoms with van der Waals surface area (Å²) in [7, 11) is 0. The molecule has 174 valence electrons. The number of benzene rings is 1. The van der Waals surface area contributed by atoms with Crippen molar-refractivity contribution in [3.63, 3.8) is 0 Å². The number of amides is 1. The van der Waals surface area contributed by atoms with Crippen LogP contribution in [0.3, 0.4) is 0 Å². The first kappa shape index (κ1) is 21.8. The molecule has 34 heavy (non-hydrogen) atoms. The molecule has 1 aromatic carbocycles. The van der Waals surface area contributed by atoms with E-state index in [9.17, 15) is 4.79 Å². The molecule has 2 fully saturated rings. The monoisotopic (exact) mass is 491 g/mol. The van der Waals surface area contributed by atoms with Gasteiger partial charge in [0, 0.05) is 53.4 Å². The van der Waals surface area contributed by atoms with Crippen LogP contribution in [-0.4, -0.2) is 55.2 Å². The molecule has 0 saturated carbocycles. The Morgan fingerprint density at radius 3 is 2.47 bits per heavy atom. The van der Waals surface area contributed by atoms with E-state index in [4.69, 9.17) is 16.6 Å². The summed E-state index contributed by atoms with van der Waals surface area (Å²) < 4.78 is 2.19. The van der Waals surface area contributed by atoms with Crippen molar-refractivity contribution < 1.29 is 4.79 Å². The molecule has 6 nitrogen and oxygen atoms in total. The van der Waals surface area contributed by atoms with Crippen molar-refractivity contribution in [3.8, 4) is 11.3 Å². The second-order valence-corrected chi connectivity index (χ2v) is 10.9. The Kier molecular flexibility index (Phi) is 5.43. The van der Waals surface area contributed by atoms with Gasteiger partial charge >= 0.3 is 0 Å². The van der Waals surface area contributed by atoms with Crippen LogP contribution in [0.5, 0.6) is 0 Å². The molecule has 0 aliphatic carbocycles. The van der Waals surface area contributed by atoms with Crippen LogP contribution in [-0.2, 0) is 6.54 Å². The smallest absolute Gasteiger partial charge is 0.283 e. The molecule has 0 radical (unpaired) electrons. The maximum Gasteiger partial charge on any atom is 0.283 e. The Morgan fingerprint density at radius 1 is 1.06 bits per heavy atom. The fraction of sp³-hybridized carbons (Fsp3) is 0.346. The molecule has 3 aromatic heterocycles. The van der Waals surface area contributed by atoms with Crippen molar-refractivity contribution in [2.24, 2.45) is 0 Å². The Hall–Kier alpha value is -2.74. The normalized spacial score (nSPS) is 20.4. The van der Waals surface area contributed by atoms with Crippen LogP contribution in [0.4, 0.5) is 0 Å². The van der Waals surface area contributed by atoms with E-state index in [0.717, 1.165) is 65.0 Å². The molecule has 0 N–H and O–H groups in total. The summed E-state index contributed by atoms with van der Waals surface area (Å²) in [6.07, 6.45) is 4.18. The van der Waals surface area contributed by atoms with Gasteiger partial charge in [0.05, 0.1) is 17.1 Å². The summed E-state index contributed by atoms with van der Waals surface area (Å²) in [5.41, 5.74) is 5.12. The van der Waals surface area contributed by atoms with Gasteiger partial charge in [-0.25, -0.2) is 9.97 Å². The van der Waals surface area contributed by atoms with Crippen LogP contribution in [0.25, 0.3) is 16.9 Å². The second-order valence-electron chi connectivity index (χ2n) is 9.29. The third-order valence-corrected chi connectivity index (χ3v) is 8.44. The van der Waals surface area contributed by atoms with Crippen molar-refractivity contribution in [1.29, 1.82) is 0 Å². The van der Waals surface area contributed by atoms with E-state index >= 15 is 0 Å². The van der Waals surface area contributed by atoms with Crippen LogP contribution < -0.4 is 0 Å². The number of pyridine rings is 1. The highest BCUT2D eigenvalue weighted by atomic mass is 35.5. The summed E-state index contributed by atoms with van der Waals surface area (Å²) in [6, 6.07) is 14.5. The number of hydrogen-bond donors (Lipinski definition) is 0. The average Bonchev–Trinajstić information content (AvgIpc) is 3.45. The maximum atomic E-state index is 13.3. The second kappa shape index (κ2) is 8.48. The number of likely N-dealkylation sites (tertiary alicyclic amines) is 1. The molecule has 5 heterocycles. The summed E-state index contributed by atoms with van der Waals surface area (Å²) in [4.78, 5) is 28.5. The number of aromatic nitrogens is 3. The van der Waals surface area contributed by atoms with E-state index in [-0.39, 0.29) is 18.0 Å². The molecular formula is C26H26ClN5OS. The standard InChI is InChI=1S/C26H26ClN5OS/c1-16-17(2)34-25(28-16)26(33)32-20-10-11-21(32)14-30(13-20)15-22-24(18-6-8-19(27)9-7-18)29-23-5-3-4-12-31(22)23/h3-9,12,20-21H,10-11,13-15H2,1-2H3. The fourth-order valence-corrected chi connectivity index (χ4v) is 6.36. The van der Waals surface area contributed by atoms with E-state index < -0.39 is 0 Å². The first-order valence-electron chi connectivity index (χ1n) is 11.7. The molecule has 4 aromatic rings. The number of piperazine rings is 1. The molecule has 2 saturated heterocycles. The molecule has 2 bridgehead atoms. The van der Waals surface area contributed by atoms with Crippen LogP contribution in [0, 0.1) is 13.8 Å². The van der Waals surface area contributed by atoms with E-state index in [1.54, 1.807) is 0 Å². The number of imidazole rings is 1. The number of aryl methyl sites for hydroxylation is 2. The Morgan fingerprint density at radius 2 is 1.79 bits per heavy atom. The SMILES string of the molecule is Cc1nc(C(=O)N2C3CCC2CN(Cc2c(-c4ccc(Cl)cc4)nc4ccccn24)C3)sc1C. The van der Waals surface area contributed by atoms with Gasteiger partial charge in [0.15, 0.2) is 5.01 Å². The number of fused-ring (bicyclic) bond motifs is 3. The quantitative estimate of drug-likeness (QED) is 0.393. The lowest BCUT2D eigenvalue weighted by Gasteiger charge is -2.40. The molecule has 2 aliphatic heterocycles. The zero-order valence-electron chi connectivity index (χ0n) is 19.2. The van der Waals surface area contributed by atoms with Crippen molar-refractivity contribution >= 4 is 34.5 Å². The van der Waals surface area contributed by atoms with Gasteiger partial charge in [0.25, 0.3) is 5.91 Å². The van der Waals surface area contributed by atoms with Gasteiger partial charge in [-0.3, -0.25) is 9.69 Å². The first-order chi connectivity index (χ1) is 16.5. The minimum atomic E-state index is 0.102. The molecule has 6 rings (SSSR count). The maximum absolute atomic E-state index is 13.3. The predicted octanol–water partition coefficient (Wildman–Crippen LogP) is 5.22. The average molecular weight is 492 g/mol. The zero-order valence-corrected chi connectivity index (χ0v) is 20.8. The van der Waals surface area contributed by atoms with Gasteiger partial charge in [-0.1, -0.05) is 29.8 Å². The highest BCUT2D eigenvalue weighted by molar-refractivity contribution is 7.13. The lowest BCUT2D eigenvalue weighted by Crippen LogP contribution is -2.55. The molecular weight excluding hydrogens is 466 g/mol. The minimum absolute atomic E-state index is 0.102. The minimum Gasteiger partial charge on any atom is -0.328 e. The molecule has 2 unspecified atom stereocenters. The van der Waals surface area contributed by atoms with Gasteiger partial charge in [0.1, 0.15) is 5.65 Å². The van der Waals surface area contributed by atoms with Gasteiger partial charge in [-0.15, -0.1) is 11.3 Å². The van der Waals surface area contributed by atoms with E-state index in [1.165, 1.54) is 17.0 Å². The fourth-order valence-electron chi connectivity index (χ4n) is 5.37. The first-order valence-corrected chi connectivity index (χ1v) is 12.9. The number of carbonyl (C=O) groups excluding carboxylic acids is 1. The summed E-state index contributed by atoms with van der Waals surface area (Å²) >= 11 is 7.65. The summed E-state index contributed by atoms with van der Waals surface area (Å²) in [5, 5.41) is 1.35. The molecule has 2 atom stereocenters. The van der Waals surface area contributed by atoms with Gasteiger partial charge in [-0.2, -0.15) is 0 Å². The number of carbonyl (C=O) groups is 1. The highest BCUT2D eigenvalue weighted by Gasteiger charge is 2.43. The largest absolute Gasteiger partial charge is 0.328 e. The zero-order chi connectivity index (χ0) is 23.4. The van der Waals surface area contributed by atoms with Crippen molar-refractivity contribution in [2.45, 2.75) is 45.3 Å². The Bertz CT molecular complexity index is 1340. The van der Waals surface area contributed by atoms with Gasteiger partial charge in [-0.05, 0) is 51.0 Å². The van der Waals surface area contributed by atoms with Crippen LogP contribution in [0.2, 0.25) is 5.02 Å². The van der Waals surface area contributed by atoms with Crippen LogP contribution in [0.15, 0.2) is 48.7 Å². The van der Waals surface area contributed by atoms with E-state index in [0.29, 0.717) is 5.01 Å². The third-order valence-electron chi connectivity index (χ3n) is 7.12. The Balaban J connectivity index is 1.28. The topological polar surface area (TPSA) is 53.7 Å². The van der Waals surface area contributed by atoms with Gasteiger partial charge in [0.2, 0.25) is 0 Å². The number of nitrogens with zero attached hydrogens (tertiary/aromatic N) is 5. The summed E-state index contributed by atoms with van der Waals surface area (Å²) in [5.74, 6) is 0.102. The van der Waals surface area contributed by atoms with Crippen LogP contribution >= 0.6 is 22.9 Å². The van der Waals surface area contributed by atoms with E-state index in [1.807, 2.05) is 56.3 Å². The molecule has 1 amide bonds. The highest BCUT2D eigenvalue weighted by Crippen LogP contribution is 2.34. The molecule has 2 aliphatic rings. The third kappa shape index (κ3) is 3.72.